The zero-order valence-electron chi connectivity index (χ0n) is 19.2. The molecule has 2 aromatic carbocycles. The molecule has 3 aromatic rings. The smallest absolute Gasteiger partial charge is 0.251 e. The van der Waals surface area contributed by atoms with Crippen LogP contribution < -0.4 is 19.5 Å². The summed E-state index contributed by atoms with van der Waals surface area (Å²) in [6, 6.07) is 14.6. The molecule has 0 unspecified atom stereocenters. The molecule has 0 aliphatic carbocycles. The Balaban J connectivity index is 1.47. The van der Waals surface area contributed by atoms with Crippen molar-refractivity contribution >= 4 is 27.6 Å². The van der Waals surface area contributed by atoms with Crippen LogP contribution in [0, 0.1) is 5.82 Å². The predicted molar refractivity (Wildman–Crippen MR) is 130 cm³/mol. The quantitative estimate of drug-likeness (QED) is 0.206. The number of benzene rings is 2. The first-order chi connectivity index (χ1) is 16.9. The first-order valence-electron chi connectivity index (χ1n) is 10.6. The summed E-state index contributed by atoms with van der Waals surface area (Å²) in [6.07, 6.45) is 0. The molecule has 1 heterocycles. The van der Waals surface area contributed by atoms with E-state index in [4.69, 9.17) is 18.9 Å². The van der Waals surface area contributed by atoms with E-state index >= 15 is 0 Å². The lowest BCUT2D eigenvalue weighted by atomic mass is 10.1. The summed E-state index contributed by atoms with van der Waals surface area (Å²) in [4.78, 5) is 28.5. The van der Waals surface area contributed by atoms with Gasteiger partial charge in [-0.25, -0.2) is 9.37 Å². The molecule has 184 valence electrons. The third-order valence-electron chi connectivity index (χ3n) is 4.84. The Bertz CT molecular complexity index is 1170. The number of halogens is 2. The second-order valence-corrected chi connectivity index (χ2v) is 7.94. The fourth-order valence-corrected chi connectivity index (χ4v) is 3.30. The molecule has 3 rings (SSSR count). The monoisotopic (exact) mass is 546 g/mol. The third kappa shape index (κ3) is 7.49. The summed E-state index contributed by atoms with van der Waals surface area (Å²) in [5, 5.41) is 2.52. The van der Waals surface area contributed by atoms with Crippen LogP contribution in [0.25, 0.3) is 0 Å². The van der Waals surface area contributed by atoms with Gasteiger partial charge < -0.3 is 24.3 Å². The molecule has 0 bridgehead atoms. The highest BCUT2D eigenvalue weighted by Gasteiger charge is 2.15. The number of nitrogens with one attached hydrogen (secondary N) is 1. The highest BCUT2D eigenvalue weighted by Crippen LogP contribution is 2.28. The van der Waals surface area contributed by atoms with Gasteiger partial charge in [0, 0.05) is 5.56 Å². The van der Waals surface area contributed by atoms with E-state index in [0.29, 0.717) is 24.7 Å². The average molecular weight is 547 g/mol. The van der Waals surface area contributed by atoms with Crippen LogP contribution in [0.15, 0.2) is 59.2 Å². The summed E-state index contributed by atoms with van der Waals surface area (Å²) in [5.41, 5.74) is 1.33. The first-order valence-corrected chi connectivity index (χ1v) is 11.4. The Morgan fingerprint density at radius 1 is 0.971 bits per heavy atom. The fraction of sp³-hybridized carbons (Fsp3) is 0.240. The van der Waals surface area contributed by atoms with Crippen molar-refractivity contribution in [2.24, 2.45) is 0 Å². The number of carbonyl (C=O) groups is 2. The van der Waals surface area contributed by atoms with Gasteiger partial charge in [-0.05, 0) is 64.0 Å². The SMILES string of the molecule is COc1ccc(COCCOc2ccc(C(=O)NCC(=O)c3ccc(F)c(Br)n3)cc2OC)cc1. The van der Waals surface area contributed by atoms with Gasteiger partial charge in [0.25, 0.3) is 5.91 Å². The zero-order valence-corrected chi connectivity index (χ0v) is 20.8. The molecule has 10 heteroatoms. The summed E-state index contributed by atoms with van der Waals surface area (Å²) >= 11 is 2.93. The number of amides is 1. The van der Waals surface area contributed by atoms with E-state index in [1.165, 1.54) is 19.2 Å². The van der Waals surface area contributed by atoms with Gasteiger partial charge in [0.2, 0.25) is 0 Å². The standard InChI is InChI=1S/C25H24BrFN2O6/c1-32-18-6-3-16(4-7-18)15-34-11-12-35-22-10-5-17(13-23(22)33-2)25(31)28-14-21(30)20-9-8-19(27)24(26)29-20/h3-10,13H,11-12,14-15H2,1-2H3,(H,28,31). The second-order valence-electron chi connectivity index (χ2n) is 7.19. The lowest BCUT2D eigenvalue weighted by molar-refractivity contribution is 0.0877. The number of rotatable bonds is 12. The van der Waals surface area contributed by atoms with E-state index in [1.807, 2.05) is 24.3 Å². The van der Waals surface area contributed by atoms with Crippen LogP contribution in [0.5, 0.6) is 17.2 Å². The maximum Gasteiger partial charge on any atom is 0.251 e. The van der Waals surface area contributed by atoms with Gasteiger partial charge in [-0.2, -0.15) is 0 Å². The Morgan fingerprint density at radius 3 is 2.43 bits per heavy atom. The van der Waals surface area contributed by atoms with E-state index in [-0.39, 0.29) is 29.0 Å². The van der Waals surface area contributed by atoms with Crippen molar-refractivity contribution < 1.29 is 32.9 Å². The van der Waals surface area contributed by atoms with Crippen LogP contribution in [-0.2, 0) is 11.3 Å². The number of Topliss-reactive ketones (excluding diaryl/α,β-unsaturated/α-hetero) is 1. The normalized spacial score (nSPS) is 10.5. The largest absolute Gasteiger partial charge is 0.497 e. The number of ether oxygens (including phenoxy) is 4. The number of ketones is 1. The molecule has 1 N–H and O–H groups in total. The van der Waals surface area contributed by atoms with Crippen molar-refractivity contribution in [1.29, 1.82) is 0 Å². The molecule has 0 aliphatic heterocycles. The van der Waals surface area contributed by atoms with Gasteiger partial charge >= 0.3 is 0 Å². The maximum absolute atomic E-state index is 13.3. The molecule has 0 spiro atoms. The van der Waals surface area contributed by atoms with Crippen LogP contribution in [0.1, 0.15) is 26.4 Å². The third-order valence-corrected chi connectivity index (χ3v) is 5.39. The van der Waals surface area contributed by atoms with Crippen molar-refractivity contribution in [2.45, 2.75) is 6.61 Å². The molecule has 0 saturated heterocycles. The molecule has 0 atom stereocenters. The number of aromatic nitrogens is 1. The summed E-state index contributed by atoms with van der Waals surface area (Å²) in [6.45, 7) is 0.780. The lowest BCUT2D eigenvalue weighted by Crippen LogP contribution is -2.30. The minimum atomic E-state index is -0.580. The number of nitrogens with zero attached hydrogens (tertiary/aromatic N) is 1. The number of pyridine rings is 1. The Hall–Kier alpha value is -3.50. The summed E-state index contributed by atoms with van der Waals surface area (Å²) < 4.78 is 35.0. The molecular weight excluding hydrogens is 523 g/mol. The van der Waals surface area contributed by atoms with Gasteiger partial charge in [-0.15, -0.1) is 0 Å². The van der Waals surface area contributed by atoms with Gasteiger partial charge in [0.15, 0.2) is 23.1 Å². The molecule has 8 nitrogen and oxygen atoms in total. The van der Waals surface area contributed by atoms with Crippen LogP contribution in [0.3, 0.4) is 0 Å². The molecule has 0 fully saturated rings. The highest BCUT2D eigenvalue weighted by atomic mass is 79.9. The molecule has 1 amide bonds. The highest BCUT2D eigenvalue weighted by molar-refractivity contribution is 9.10. The van der Waals surface area contributed by atoms with E-state index in [9.17, 15) is 14.0 Å². The number of carbonyl (C=O) groups excluding carboxylic acids is 2. The molecule has 35 heavy (non-hydrogen) atoms. The van der Waals surface area contributed by atoms with Gasteiger partial charge in [-0.3, -0.25) is 9.59 Å². The van der Waals surface area contributed by atoms with E-state index in [2.05, 4.69) is 26.2 Å². The van der Waals surface area contributed by atoms with E-state index < -0.39 is 17.5 Å². The van der Waals surface area contributed by atoms with Crippen molar-refractivity contribution in [3.63, 3.8) is 0 Å². The Kier molecular flexibility index (Phi) is 9.56. The van der Waals surface area contributed by atoms with Crippen molar-refractivity contribution in [2.75, 3.05) is 34.0 Å². The van der Waals surface area contributed by atoms with Gasteiger partial charge in [-0.1, -0.05) is 12.1 Å². The van der Waals surface area contributed by atoms with Crippen LogP contribution >= 0.6 is 15.9 Å². The predicted octanol–water partition coefficient (Wildman–Crippen LogP) is 4.21. The number of hydrogen-bond acceptors (Lipinski definition) is 7. The van der Waals surface area contributed by atoms with Crippen molar-refractivity contribution in [3.05, 3.63) is 81.8 Å². The lowest BCUT2D eigenvalue weighted by Gasteiger charge is -2.13. The summed E-state index contributed by atoms with van der Waals surface area (Å²) in [7, 11) is 3.08. The molecular formula is C25H24BrFN2O6. The minimum Gasteiger partial charge on any atom is -0.497 e. The minimum absolute atomic E-state index is 0.0362. The van der Waals surface area contributed by atoms with E-state index in [0.717, 1.165) is 17.4 Å². The number of hydrogen-bond donors (Lipinski definition) is 1. The van der Waals surface area contributed by atoms with Crippen LogP contribution in [-0.4, -0.2) is 50.7 Å². The topological polar surface area (TPSA) is 96.0 Å². The molecule has 0 radical (unpaired) electrons. The zero-order chi connectivity index (χ0) is 25.2. The fourth-order valence-electron chi connectivity index (χ4n) is 2.98. The van der Waals surface area contributed by atoms with Crippen LogP contribution in [0.2, 0.25) is 0 Å². The Morgan fingerprint density at radius 2 is 1.74 bits per heavy atom. The maximum atomic E-state index is 13.3. The second kappa shape index (κ2) is 12.8. The van der Waals surface area contributed by atoms with Gasteiger partial charge in [0.1, 0.15) is 22.7 Å². The molecule has 0 aliphatic rings. The first kappa shape index (κ1) is 26.1. The summed E-state index contributed by atoms with van der Waals surface area (Å²) in [5.74, 6) is 0.0828. The molecule has 0 saturated carbocycles. The van der Waals surface area contributed by atoms with Gasteiger partial charge in [0.05, 0.1) is 34.0 Å². The average Bonchev–Trinajstić information content (AvgIpc) is 2.88. The van der Waals surface area contributed by atoms with Crippen molar-refractivity contribution in [1.82, 2.24) is 10.3 Å². The molecule has 1 aromatic heterocycles. The number of methoxy groups -OCH3 is 2. The Labute approximate surface area is 210 Å². The van der Waals surface area contributed by atoms with Crippen molar-refractivity contribution in [3.8, 4) is 17.2 Å². The van der Waals surface area contributed by atoms with Crippen LogP contribution in [0.4, 0.5) is 4.39 Å². The van der Waals surface area contributed by atoms with E-state index in [1.54, 1.807) is 19.2 Å².